The first-order valence-corrected chi connectivity index (χ1v) is 4.92. The molecule has 2 nitrogen and oxygen atoms in total. The molecule has 1 rings (SSSR count). The quantitative estimate of drug-likeness (QED) is 0.677. The lowest BCUT2D eigenvalue weighted by Crippen LogP contribution is -2.43. The zero-order valence-electron chi connectivity index (χ0n) is 9.18. The van der Waals surface area contributed by atoms with Gasteiger partial charge in [0.15, 0.2) is 0 Å². The molecule has 1 heterocycles. The third kappa shape index (κ3) is 2.55. The molecule has 1 fully saturated rings. The van der Waals surface area contributed by atoms with Crippen molar-refractivity contribution in [1.82, 2.24) is 5.32 Å². The number of hydrogen-bond donors (Lipinski definition) is 1. The van der Waals surface area contributed by atoms with Crippen molar-refractivity contribution in [3.8, 4) is 0 Å². The zero-order valence-corrected chi connectivity index (χ0v) is 9.18. The first-order valence-electron chi connectivity index (χ1n) is 4.92. The van der Waals surface area contributed by atoms with Gasteiger partial charge in [0.2, 0.25) is 0 Å². The van der Waals surface area contributed by atoms with Gasteiger partial charge in [-0.2, -0.15) is 0 Å². The molecule has 1 saturated heterocycles. The van der Waals surface area contributed by atoms with E-state index < -0.39 is 0 Å². The van der Waals surface area contributed by atoms with Crippen molar-refractivity contribution < 1.29 is 4.74 Å². The van der Waals surface area contributed by atoms with Gasteiger partial charge in [-0.3, -0.25) is 0 Å². The molecule has 0 amide bonds. The molecule has 1 aliphatic rings. The minimum Gasteiger partial charge on any atom is -0.368 e. The van der Waals surface area contributed by atoms with Crippen LogP contribution in [0.5, 0.6) is 0 Å². The van der Waals surface area contributed by atoms with Crippen LogP contribution in [0.15, 0.2) is 12.7 Å². The maximum absolute atomic E-state index is 5.95. The molecule has 76 valence electrons. The molecule has 1 aliphatic heterocycles. The van der Waals surface area contributed by atoms with Gasteiger partial charge in [0, 0.05) is 12.6 Å². The number of nitrogens with one attached hydrogen (secondary N) is 1. The van der Waals surface area contributed by atoms with E-state index >= 15 is 0 Å². The zero-order chi connectivity index (χ0) is 10.1. The average Bonchev–Trinajstić information content (AvgIpc) is 2.14. The van der Waals surface area contributed by atoms with Crippen molar-refractivity contribution in [1.29, 1.82) is 0 Å². The fraction of sp³-hybridized carbons (Fsp3) is 0.818. The molecule has 0 aromatic heterocycles. The van der Waals surface area contributed by atoms with Crippen LogP contribution in [0, 0.1) is 0 Å². The molecule has 1 N–H and O–H groups in total. The molecule has 0 saturated carbocycles. The van der Waals surface area contributed by atoms with Gasteiger partial charge in [-0.1, -0.05) is 6.08 Å². The Kier molecular flexibility index (Phi) is 2.83. The normalized spacial score (nSPS) is 30.3. The van der Waals surface area contributed by atoms with Gasteiger partial charge in [-0.25, -0.2) is 0 Å². The van der Waals surface area contributed by atoms with E-state index in [9.17, 15) is 0 Å². The van der Waals surface area contributed by atoms with Crippen molar-refractivity contribution in [3.63, 3.8) is 0 Å². The van der Waals surface area contributed by atoms with Gasteiger partial charge in [0.25, 0.3) is 0 Å². The molecule has 0 aromatic rings. The number of ether oxygens (including phenoxy) is 1. The Bertz CT molecular complexity index is 196. The van der Waals surface area contributed by atoms with Crippen LogP contribution in [0.2, 0.25) is 0 Å². The highest BCUT2D eigenvalue weighted by Gasteiger charge is 2.45. The first-order chi connectivity index (χ1) is 5.87. The predicted molar refractivity (Wildman–Crippen MR) is 55.8 cm³/mol. The van der Waals surface area contributed by atoms with E-state index in [4.69, 9.17) is 4.74 Å². The highest BCUT2D eigenvalue weighted by molar-refractivity contribution is 4.99. The van der Waals surface area contributed by atoms with E-state index in [1.54, 1.807) is 0 Å². The summed E-state index contributed by atoms with van der Waals surface area (Å²) in [6.07, 6.45) is 2.95. The van der Waals surface area contributed by atoms with Crippen LogP contribution in [0.1, 0.15) is 34.1 Å². The minimum absolute atomic E-state index is 0.00232. The predicted octanol–water partition coefficient (Wildman–Crippen LogP) is 2.11. The highest BCUT2D eigenvalue weighted by Crippen LogP contribution is 2.36. The molecule has 0 radical (unpaired) electrons. The molecular weight excluding hydrogens is 162 g/mol. The Hall–Kier alpha value is -0.340. The van der Waals surface area contributed by atoms with Crippen molar-refractivity contribution in [2.24, 2.45) is 0 Å². The Morgan fingerprint density at radius 1 is 1.46 bits per heavy atom. The molecular formula is C11H21NO. The van der Waals surface area contributed by atoms with Crippen LogP contribution >= 0.6 is 0 Å². The topological polar surface area (TPSA) is 21.3 Å². The summed E-state index contributed by atoms with van der Waals surface area (Å²) in [5.41, 5.74) is -0.0607. The summed E-state index contributed by atoms with van der Waals surface area (Å²) in [4.78, 5) is 0. The lowest BCUT2D eigenvalue weighted by Gasteiger charge is -2.27. The van der Waals surface area contributed by atoms with Crippen LogP contribution in [0.3, 0.4) is 0 Å². The van der Waals surface area contributed by atoms with Gasteiger partial charge in [-0.05, 0) is 34.1 Å². The lowest BCUT2D eigenvalue weighted by molar-refractivity contribution is -0.0695. The molecule has 0 spiro atoms. The number of hydrogen-bond acceptors (Lipinski definition) is 2. The van der Waals surface area contributed by atoms with Gasteiger partial charge in [0.1, 0.15) is 0 Å². The van der Waals surface area contributed by atoms with E-state index in [-0.39, 0.29) is 11.2 Å². The smallest absolute Gasteiger partial charge is 0.0787 e. The lowest BCUT2D eigenvalue weighted by atomic mass is 9.94. The molecule has 1 atom stereocenters. The Labute approximate surface area is 81.4 Å². The molecule has 0 bridgehead atoms. The van der Waals surface area contributed by atoms with Crippen LogP contribution < -0.4 is 5.32 Å². The van der Waals surface area contributed by atoms with E-state index in [0.717, 1.165) is 13.0 Å². The summed E-state index contributed by atoms with van der Waals surface area (Å²) >= 11 is 0. The fourth-order valence-electron chi connectivity index (χ4n) is 2.11. The fourth-order valence-corrected chi connectivity index (χ4v) is 2.11. The highest BCUT2D eigenvalue weighted by atomic mass is 16.5. The monoisotopic (exact) mass is 183 g/mol. The van der Waals surface area contributed by atoms with Crippen molar-refractivity contribution in [2.45, 2.75) is 51.4 Å². The maximum Gasteiger partial charge on any atom is 0.0787 e. The van der Waals surface area contributed by atoms with Crippen LogP contribution in [-0.4, -0.2) is 23.8 Å². The largest absolute Gasteiger partial charge is 0.368 e. The van der Waals surface area contributed by atoms with Crippen LogP contribution in [-0.2, 0) is 4.74 Å². The van der Waals surface area contributed by atoms with E-state index in [0.29, 0.717) is 6.04 Å². The first kappa shape index (κ1) is 10.7. The minimum atomic E-state index is -0.0630. The summed E-state index contributed by atoms with van der Waals surface area (Å²) in [7, 11) is 0. The third-order valence-corrected chi connectivity index (χ3v) is 2.58. The van der Waals surface area contributed by atoms with Gasteiger partial charge >= 0.3 is 0 Å². The average molecular weight is 183 g/mol. The second-order valence-electron chi connectivity index (χ2n) is 4.92. The summed E-state index contributed by atoms with van der Waals surface area (Å²) in [6.45, 7) is 13.1. The second kappa shape index (κ2) is 3.43. The SMILES string of the molecule is C=CCNC1CC(C)(C)OC1(C)C. The molecule has 1 unspecified atom stereocenters. The number of rotatable bonds is 3. The van der Waals surface area contributed by atoms with Gasteiger partial charge < -0.3 is 10.1 Å². The molecule has 0 aromatic carbocycles. The summed E-state index contributed by atoms with van der Waals surface area (Å²) in [5.74, 6) is 0. The second-order valence-corrected chi connectivity index (χ2v) is 4.92. The Morgan fingerprint density at radius 2 is 2.08 bits per heavy atom. The summed E-state index contributed by atoms with van der Waals surface area (Å²) < 4.78 is 5.95. The summed E-state index contributed by atoms with van der Waals surface area (Å²) in [6, 6.07) is 0.431. The van der Waals surface area contributed by atoms with E-state index in [2.05, 4.69) is 39.6 Å². The van der Waals surface area contributed by atoms with Crippen molar-refractivity contribution >= 4 is 0 Å². The van der Waals surface area contributed by atoms with Gasteiger partial charge in [-0.15, -0.1) is 6.58 Å². The molecule has 0 aliphatic carbocycles. The van der Waals surface area contributed by atoms with Crippen LogP contribution in [0.4, 0.5) is 0 Å². The maximum atomic E-state index is 5.95. The third-order valence-electron chi connectivity index (χ3n) is 2.58. The van der Waals surface area contributed by atoms with Crippen molar-refractivity contribution in [2.75, 3.05) is 6.54 Å². The van der Waals surface area contributed by atoms with Crippen molar-refractivity contribution in [3.05, 3.63) is 12.7 Å². The van der Waals surface area contributed by atoms with Crippen LogP contribution in [0.25, 0.3) is 0 Å². The van der Waals surface area contributed by atoms with E-state index in [1.807, 2.05) is 6.08 Å². The Morgan fingerprint density at radius 3 is 2.46 bits per heavy atom. The molecule has 13 heavy (non-hydrogen) atoms. The van der Waals surface area contributed by atoms with Gasteiger partial charge in [0.05, 0.1) is 11.2 Å². The van der Waals surface area contributed by atoms with E-state index in [1.165, 1.54) is 0 Å². The Balaban J connectivity index is 2.59. The molecule has 2 heteroatoms. The summed E-state index contributed by atoms with van der Waals surface area (Å²) in [5, 5.41) is 3.43. The standard InChI is InChI=1S/C11H21NO/c1-6-7-12-9-8-10(2,3)13-11(9,4)5/h6,9,12H,1,7-8H2,2-5H3.